The number of carbonyl (C=O) groups is 2. The molecule has 4 heteroatoms. The van der Waals surface area contributed by atoms with Gasteiger partial charge in [0.15, 0.2) is 5.78 Å². The summed E-state index contributed by atoms with van der Waals surface area (Å²) >= 11 is 5.76. The summed E-state index contributed by atoms with van der Waals surface area (Å²) in [5.74, 6) is -0.214. The quantitative estimate of drug-likeness (QED) is 0.847. The van der Waals surface area contributed by atoms with Gasteiger partial charge < -0.3 is 5.32 Å². The van der Waals surface area contributed by atoms with Crippen molar-refractivity contribution in [2.75, 3.05) is 5.32 Å². The molecule has 3 nitrogen and oxygen atoms in total. The van der Waals surface area contributed by atoms with Crippen molar-refractivity contribution in [2.24, 2.45) is 0 Å². The molecule has 2 aromatic carbocycles. The van der Waals surface area contributed by atoms with Gasteiger partial charge in [-0.3, -0.25) is 9.59 Å². The molecule has 0 unspecified atom stereocenters. The Morgan fingerprint density at radius 1 is 0.900 bits per heavy atom. The lowest BCUT2D eigenvalue weighted by molar-refractivity contribution is -0.116. The van der Waals surface area contributed by atoms with Gasteiger partial charge >= 0.3 is 0 Å². The molecule has 0 heterocycles. The maximum absolute atomic E-state index is 11.8. The summed E-state index contributed by atoms with van der Waals surface area (Å²) in [4.78, 5) is 23.6. The monoisotopic (exact) mass is 287 g/mol. The van der Waals surface area contributed by atoms with E-state index in [0.29, 0.717) is 16.3 Å². The van der Waals surface area contributed by atoms with Crippen molar-refractivity contribution in [3.63, 3.8) is 0 Å². The molecule has 0 aliphatic heterocycles. The van der Waals surface area contributed by atoms with Crippen molar-refractivity contribution < 1.29 is 9.59 Å². The molecule has 0 radical (unpaired) electrons. The van der Waals surface area contributed by atoms with E-state index in [1.807, 2.05) is 6.07 Å². The van der Waals surface area contributed by atoms with Crippen LogP contribution in [0, 0.1) is 0 Å². The van der Waals surface area contributed by atoms with Crippen molar-refractivity contribution in [3.8, 4) is 0 Å². The number of hydrogen-bond acceptors (Lipinski definition) is 2. The minimum Gasteiger partial charge on any atom is -0.326 e. The van der Waals surface area contributed by atoms with Gasteiger partial charge in [-0.2, -0.15) is 0 Å². The molecule has 0 atom stereocenters. The number of nitrogens with one attached hydrogen (secondary N) is 1. The fourth-order valence-electron chi connectivity index (χ4n) is 1.75. The van der Waals surface area contributed by atoms with Gasteiger partial charge in [-0.25, -0.2) is 0 Å². The molecule has 0 fully saturated rings. The van der Waals surface area contributed by atoms with E-state index in [9.17, 15) is 9.59 Å². The van der Waals surface area contributed by atoms with Crippen LogP contribution in [0.4, 0.5) is 5.69 Å². The minimum atomic E-state index is -0.184. The number of rotatable bonds is 5. The van der Waals surface area contributed by atoms with Crippen LogP contribution in [0.15, 0.2) is 54.6 Å². The second kappa shape index (κ2) is 6.87. The Bertz CT molecular complexity index is 594. The summed E-state index contributed by atoms with van der Waals surface area (Å²) in [6.07, 6.45) is 0.361. The first-order valence-electron chi connectivity index (χ1n) is 6.29. The van der Waals surface area contributed by atoms with Crippen molar-refractivity contribution in [1.82, 2.24) is 0 Å². The molecule has 102 valence electrons. The zero-order valence-electron chi connectivity index (χ0n) is 10.8. The maximum atomic E-state index is 11.8. The van der Waals surface area contributed by atoms with Gasteiger partial charge in [0.25, 0.3) is 0 Å². The molecule has 0 bridgehead atoms. The third-order valence-electron chi connectivity index (χ3n) is 2.80. The van der Waals surface area contributed by atoms with E-state index in [0.717, 1.165) is 0 Å². The van der Waals surface area contributed by atoms with Gasteiger partial charge in [0.1, 0.15) is 0 Å². The highest BCUT2D eigenvalue weighted by Gasteiger charge is 2.09. The number of benzene rings is 2. The third-order valence-corrected chi connectivity index (χ3v) is 3.05. The smallest absolute Gasteiger partial charge is 0.224 e. The molecule has 0 aliphatic rings. The van der Waals surface area contributed by atoms with Crippen molar-refractivity contribution >= 4 is 29.0 Å². The summed E-state index contributed by atoms with van der Waals surface area (Å²) in [5, 5.41) is 3.34. The van der Waals surface area contributed by atoms with Crippen LogP contribution in [0.25, 0.3) is 0 Å². The number of halogens is 1. The van der Waals surface area contributed by atoms with Crippen LogP contribution >= 0.6 is 11.6 Å². The van der Waals surface area contributed by atoms with Gasteiger partial charge in [-0.1, -0.05) is 41.9 Å². The average Bonchev–Trinajstić information content (AvgIpc) is 2.48. The van der Waals surface area contributed by atoms with Gasteiger partial charge in [-0.05, 0) is 24.3 Å². The molecular weight excluding hydrogens is 274 g/mol. The largest absolute Gasteiger partial charge is 0.326 e. The van der Waals surface area contributed by atoms with E-state index in [1.54, 1.807) is 48.5 Å². The summed E-state index contributed by atoms with van der Waals surface area (Å²) in [6.45, 7) is 0. The van der Waals surface area contributed by atoms with Crippen LogP contribution in [0.5, 0.6) is 0 Å². The normalized spacial score (nSPS) is 10.1. The first-order chi connectivity index (χ1) is 9.65. The van der Waals surface area contributed by atoms with Crippen molar-refractivity contribution in [2.45, 2.75) is 12.8 Å². The van der Waals surface area contributed by atoms with Gasteiger partial charge in [0, 0.05) is 29.1 Å². The van der Waals surface area contributed by atoms with Gasteiger partial charge in [0.2, 0.25) is 5.91 Å². The highest BCUT2D eigenvalue weighted by molar-refractivity contribution is 6.30. The summed E-state index contributed by atoms with van der Waals surface area (Å²) in [7, 11) is 0. The second-order valence-electron chi connectivity index (χ2n) is 4.34. The van der Waals surface area contributed by atoms with E-state index >= 15 is 0 Å². The van der Waals surface area contributed by atoms with Crippen LogP contribution in [-0.4, -0.2) is 11.7 Å². The highest BCUT2D eigenvalue weighted by atomic mass is 35.5. The maximum Gasteiger partial charge on any atom is 0.224 e. The van der Waals surface area contributed by atoms with Gasteiger partial charge in [-0.15, -0.1) is 0 Å². The second-order valence-corrected chi connectivity index (χ2v) is 4.78. The molecular formula is C16H14ClNO2. The Morgan fingerprint density at radius 2 is 1.55 bits per heavy atom. The molecule has 1 N–H and O–H groups in total. The fourth-order valence-corrected chi connectivity index (χ4v) is 1.88. The molecule has 0 saturated carbocycles. The van der Waals surface area contributed by atoms with Crippen molar-refractivity contribution in [3.05, 3.63) is 65.2 Å². The molecule has 1 amide bonds. The summed E-state index contributed by atoms with van der Waals surface area (Å²) in [6, 6.07) is 15.8. The van der Waals surface area contributed by atoms with Crippen LogP contribution in [0.2, 0.25) is 5.02 Å². The minimum absolute atomic E-state index is 0.0307. The van der Waals surface area contributed by atoms with E-state index in [4.69, 9.17) is 11.6 Å². The lowest BCUT2D eigenvalue weighted by Gasteiger charge is -2.05. The number of hydrogen-bond donors (Lipinski definition) is 1. The molecule has 2 rings (SSSR count). The number of ketones is 1. The summed E-state index contributed by atoms with van der Waals surface area (Å²) < 4.78 is 0. The predicted molar refractivity (Wildman–Crippen MR) is 80.1 cm³/mol. The van der Waals surface area contributed by atoms with Crippen LogP contribution in [0.1, 0.15) is 23.2 Å². The first-order valence-corrected chi connectivity index (χ1v) is 6.66. The predicted octanol–water partition coefficient (Wildman–Crippen LogP) is 3.94. The van der Waals surface area contributed by atoms with Gasteiger partial charge in [0.05, 0.1) is 0 Å². The van der Waals surface area contributed by atoms with E-state index < -0.39 is 0 Å². The molecule has 2 aromatic rings. The fraction of sp³-hybridized carbons (Fsp3) is 0.125. The molecule has 0 spiro atoms. The SMILES string of the molecule is O=C(CCC(=O)c1ccccc1)Nc1ccc(Cl)cc1. The first kappa shape index (κ1) is 14.3. The lowest BCUT2D eigenvalue weighted by Crippen LogP contribution is -2.13. The molecule has 0 saturated heterocycles. The number of amides is 1. The zero-order chi connectivity index (χ0) is 14.4. The number of carbonyl (C=O) groups excluding carboxylic acids is 2. The average molecular weight is 288 g/mol. The van der Waals surface area contributed by atoms with E-state index in [-0.39, 0.29) is 24.5 Å². The lowest BCUT2D eigenvalue weighted by atomic mass is 10.1. The zero-order valence-corrected chi connectivity index (χ0v) is 11.6. The Kier molecular flexibility index (Phi) is 4.91. The van der Waals surface area contributed by atoms with E-state index in [2.05, 4.69) is 5.32 Å². The Labute approximate surface area is 122 Å². The summed E-state index contributed by atoms with van der Waals surface area (Å²) in [5.41, 5.74) is 1.30. The molecule has 0 aromatic heterocycles. The highest BCUT2D eigenvalue weighted by Crippen LogP contribution is 2.14. The third kappa shape index (κ3) is 4.21. The Morgan fingerprint density at radius 3 is 2.20 bits per heavy atom. The Balaban J connectivity index is 1.83. The topological polar surface area (TPSA) is 46.2 Å². The van der Waals surface area contributed by atoms with Crippen LogP contribution in [-0.2, 0) is 4.79 Å². The Hall–Kier alpha value is -2.13. The van der Waals surface area contributed by atoms with E-state index in [1.165, 1.54) is 0 Å². The van der Waals surface area contributed by atoms with Crippen LogP contribution < -0.4 is 5.32 Å². The number of Topliss-reactive ketones (excluding diaryl/α,β-unsaturated/α-hetero) is 1. The van der Waals surface area contributed by atoms with Crippen molar-refractivity contribution in [1.29, 1.82) is 0 Å². The number of anilines is 1. The molecule has 0 aliphatic carbocycles. The molecule has 20 heavy (non-hydrogen) atoms. The van der Waals surface area contributed by atoms with Crippen LogP contribution in [0.3, 0.4) is 0 Å². The standard InChI is InChI=1S/C16H14ClNO2/c17-13-6-8-14(9-7-13)18-16(20)11-10-15(19)12-4-2-1-3-5-12/h1-9H,10-11H2,(H,18,20).